The molecule has 0 aliphatic rings. The number of hydrogen-bond donors (Lipinski definition) is 4. The van der Waals surface area contributed by atoms with Crippen molar-refractivity contribution in [3.8, 4) is 0 Å². The Morgan fingerprint density at radius 2 is 1.94 bits per heavy atom. The molecular weight excluding hydrogens is 256 g/mol. The van der Waals surface area contributed by atoms with E-state index >= 15 is 0 Å². The summed E-state index contributed by atoms with van der Waals surface area (Å²) in [5, 5.41) is 2.28. The summed E-state index contributed by atoms with van der Waals surface area (Å²) in [7, 11) is -3.63. The Bertz CT molecular complexity index is 522. The van der Waals surface area contributed by atoms with Gasteiger partial charge < -0.3 is 16.8 Å². The number of carbonyl (C=O) groups excluding carboxylic acids is 1. The van der Waals surface area contributed by atoms with Crippen molar-refractivity contribution in [3.05, 3.63) is 23.8 Å². The summed E-state index contributed by atoms with van der Waals surface area (Å²) in [5.74, 6) is 0. The summed E-state index contributed by atoms with van der Waals surface area (Å²) in [5.41, 5.74) is 11.6. The number of hydrogen-bond acceptors (Lipinski definition) is 4. The summed E-state index contributed by atoms with van der Waals surface area (Å²) in [4.78, 5) is 10.5. The summed E-state index contributed by atoms with van der Waals surface area (Å²) in [6.07, 6.45) is 0. The van der Waals surface area contributed by atoms with E-state index in [1.807, 2.05) is 0 Å². The highest BCUT2D eigenvalue weighted by Gasteiger charge is 2.14. The summed E-state index contributed by atoms with van der Waals surface area (Å²) in [6.45, 7) is 1.93. The lowest BCUT2D eigenvalue weighted by atomic mass is 10.2. The highest BCUT2D eigenvalue weighted by molar-refractivity contribution is 7.89. The molecule has 0 saturated heterocycles. The van der Waals surface area contributed by atoms with Gasteiger partial charge in [-0.3, -0.25) is 0 Å². The molecule has 1 aromatic rings. The van der Waals surface area contributed by atoms with Crippen molar-refractivity contribution in [2.75, 3.05) is 18.8 Å². The van der Waals surface area contributed by atoms with Gasteiger partial charge in [0.1, 0.15) is 0 Å². The van der Waals surface area contributed by atoms with E-state index in [0.29, 0.717) is 5.69 Å². The van der Waals surface area contributed by atoms with Crippen LogP contribution >= 0.6 is 0 Å². The molecule has 0 atom stereocenters. The number of anilines is 1. The van der Waals surface area contributed by atoms with Crippen LogP contribution in [0.4, 0.5) is 10.5 Å². The maximum absolute atomic E-state index is 11.9. The zero-order valence-electron chi connectivity index (χ0n) is 9.93. The molecule has 1 aromatic carbocycles. The third kappa shape index (κ3) is 4.22. The van der Waals surface area contributed by atoms with Gasteiger partial charge in [-0.25, -0.2) is 17.9 Å². The van der Waals surface area contributed by atoms with Gasteiger partial charge in [-0.05, 0) is 30.7 Å². The molecule has 0 aliphatic carbocycles. The average molecular weight is 272 g/mol. The quantitative estimate of drug-likeness (QED) is 0.426. The molecule has 0 saturated carbocycles. The van der Waals surface area contributed by atoms with Crippen molar-refractivity contribution < 1.29 is 13.2 Å². The Labute approximate surface area is 106 Å². The highest BCUT2D eigenvalue weighted by atomic mass is 32.2. The highest BCUT2D eigenvalue weighted by Crippen LogP contribution is 2.15. The zero-order chi connectivity index (χ0) is 13.8. The van der Waals surface area contributed by atoms with Gasteiger partial charge in [-0.15, -0.1) is 0 Å². The summed E-state index contributed by atoms with van der Waals surface area (Å²) in [6, 6.07) is 3.86. The number of rotatable bonds is 5. The van der Waals surface area contributed by atoms with Crippen LogP contribution in [-0.2, 0) is 10.0 Å². The van der Waals surface area contributed by atoms with Gasteiger partial charge in [-0.1, -0.05) is 0 Å². The molecule has 0 radical (unpaired) electrons. The number of aryl methyl sites for hydroxylation is 1. The Morgan fingerprint density at radius 1 is 1.28 bits per heavy atom. The Morgan fingerprint density at radius 3 is 2.50 bits per heavy atom. The molecule has 0 spiro atoms. The predicted molar refractivity (Wildman–Crippen MR) is 68.4 cm³/mol. The molecule has 0 aliphatic heterocycles. The number of carbonyl (C=O) groups is 1. The van der Waals surface area contributed by atoms with E-state index in [-0.39, 0.29) is 18.0 Å². The van der Waals surface area contributed by atoms with Crippen LogP contribution in [0, 0.1) is 6.92 Å². The summed E-state index contributed by atoms with van der Waals surface area (Å²) < 4.78 is 26.1. The third-order valence-electron chi connectivity index (χ3n) is 2.10. The standard InChI is InChI=1S/C10H16N4O3S/c1-7-4-8(11)6-9(5-7)18(16,17)14-3-2-13-10(12)15/h4-6,14H,2-3,11H2,1H3,(H3,12,13,15). The molecule has 100 valence electrons. The number of benzene rings is 1. The molecular formula is C10H16N4O3S. The molecule has 2 amide bonds. The van der Waals surface area contributed by atoms with E-state index in [0.717, 1.165) is 5.56 Å². The van der Waals surface area contributed by atoms with Crippen LogP contribution in [0.15, 0.2) is 23.1 Å². The SMILES string of the molecule is Cc1cc(N)cc(S(=O)(=O)NCCNC(N)=O)c1. The second-order valence-electron chi connectivity index (χ2n) is 3.77. The molecule has 0 heterocycles. The van der Waals surface area contributed by atoms with E-state index < -0.39 is 16.1 Å². The minimum atomic E-state index is -3.63. The lowest BCUT2D eigenvalue weighted by Crippen LogP contribution is -2.37. The molecule has 0 bridgehead atoms. The van der Waals surface area contributed by atoms with Gasteiger partial charge in [0, 0.05) is 18.8 Å². The summed E-state index contributed by atoms with van der Waals surface area (Å²) >= 11 is 0. The fourth-order valence-electron chi connectivity index (χ4n) is 1.39. The predicted octanol–water partition coefficient (Wildman–Crippen LogP) is -0.476. The second kappa shape index (κ2) is 5.69. The number of nitrogens with one attached hydrogen (secondary N) is 2. The Kier molecular flexibility index (Phi) is 4.51. The fraction of sp³-hybridized carbons (Fsp3) is 0.300. The lowest BCUT2D eigenvalue weighted by Gasteiger charge is -2.08. The largest absolute Gasteiger partial charge is 0.399 e. The molecule has 0 unspecified atom stereocenters. The molecule has 18 heavy (non-hydrogen) atoms. The van der Waals surface area contributed by atoms with Gasteiger partial charge in [0.2, 0.25) is 10.0 Å². The first-order valence-corrected chi connectivity index (χ1v) is 6.70. The van der Waals surface area contributed by atoms with Crippen molar-refractivity contribution in [1.29, 1.82) is 0 Å². The van der Waals surface area contributed by atoms with Gasteiger partial charge in [0.15, 0.2) is 0 Å². The van der Waals surface area contributed by atoms with Gasteiger partial charge in [-0.2, -0.15) is 0 Å². The molecule has 8 heteroatoms. The number of nitrogens with two attached hydrogens (primary N) is 2. The van der Waals surface area contributed by atoms with Crippen LogP contribution in [-0.4, -0.2) is 27.5 Å². The van der Waals surface area contributed by atoms with Crippen LogP contribution < -0.4 is 21.5 Å². The van der Waals surface area contributed by atoms with E-state index in [9.17, 15) is 13.2 Å². The monoisotopic (exact) mass is 272 g/mol. The topological polar surface area (TPSA) is 127 Å². The number of amides is 2. The number of primary amides is 1. The van der Waals surface area contributed by atoms with Crippen LogP contribution in [0.1, 0.15) is 5.56 Å². The third-order valence-corrected chi connectivity index (χ3v) is 3.54. The molecule has 1 rings (SSSR count). The van der Waals surface area contributed by atoms with Crippen LogP contribution in [0.25, 0.3) is 0 Å². The molecule has 0 fully saturated rings. The smallest absolute Gasteiger partial charge is 0.312 e. The van der Waals surface area contributed by atoms with E-state index in [2.05, 4.69) is 10.0 Å². The van der Waals surface area contributed by atoms with Crippen molar-refractivity contribution >= 4 is 21.7 Å². The van der Waals surface area contributed by atoms with Crippen LogP contribution in [0.3, 0.4) is 0 Å². The lowest BCUT2D eigenvalue weighted by molar-refractivity contribution is 0.249. The van der Waals surface area contributed by atoms with E-state index in [1.54, 1.807) is 13.0 Å². The van der Waals surface area contributed by atoms with Crippen molar-refractivity contribution in [2.24, 2.45) is 5.73 Å². The van der Waals surface area contributed by atoms with E-state index in [1.165, 1.54) is 12.1 Å². The van der Waals surface area contributed by atoms with Gasteiger partial charge >= 0.3 is 6.03 Å². The number of sulfonamides is 1. The maximum atomic E-state index is 11.9. The molecule has 0 aromatic heterocycles. The fourth-order valence-corrected chi connectivity index (χ4v) is 2.56. The van der Waals surface area contributed by atoms with E-state index in [4.69, 9.17) is 11.5 Å². The number of nitrogen functional groups attached to an aromatic ring is 1. The normalized spacial score (nSPS) is 11.2. The van der Waals surface area contributed by atoms with Gasteiger partial charge in [0.05, 0.1) is 4.90 Å². The minimum absolute atomic E-state index is 0.0547. The zero-order valence-corrected chi connectivity index (χ0v) is 10.8. The van der Waals surface area contributed by atoms with Crippen LogP contribution in [0.5, 0.6) is 0 Å². The number of urea groups is 1. The molecule has 6 N–H and O–H groups in total. The maximum Gasteiger partial charge on any atom is 0.312 e. The first-order chi connectivity index (χ1) is 8.31. The first-order valence-electron chi connectivity index (χ1n) is 5.21. The van der Waals surface area contributed by atoms with Crippen LogP contribution in [0.2, 0.25) is 0 Å². The Hall–Kier alpha value is -1.80. The average Bonchev–Trinajstić information content (AvgIpc) is 2.23. The first kappa shape index (κ1) is 14.3. The van der Waals surface area contributed by atoms with Gasteiger partial charge in [0.25, 0.3) is 0 Å². The molecule has 7 nitrogen and oxygen atoms in total. The Balaban J connectivity index is 2.71. The van der Waals surface area contributed by atoms with Crippen molar-refractivity contribution in [2.45, 2.75) is 11.8 Å². The minimum Gasteiger partial charge on any atom is -0.399 e. The van der Waals surface area contributed by atoms with Crippen molar-refractivity contribution in [3.63, 3.8) is 0 Å². The van der Waals surface area contributed by atoms with Crippen molar-refractivity contribution in [1.82, 2.24) is 10.0 Å². The second-order valence-corrected chi connectivity index (χ2v) is 5.54.